The summed E-state index contributed by atoms with van der Waals surface area (Å²) >= 11 is 10.2. The third-order valence-corrected chi connectivity index (χ3v) is 8.37. The van der Waals surface area contributed by atoms with Crippen LogP contribution in [-0.4, -0.2) is 24.7 Å². The molecule has 0 aromatic heterocycles. The maximum absolute atomic E-state index is 6.28. The van der Waals surface area contributed by atoms with E-state index in [4.69, 9.17) is 35.3 Å². The van der Waals surface area contributed by atoms with Crippen LogP contribution in [0.5, 0.6) is 0 Å². The van der Waals surface area contributed by atoms with Crippen LogP contribution in [0.2, 0.25) is 10.0 Å². The molecule has 0 fully saturated rings. The topological polar surface area (TPSA) is 21.6 Å². The minimum absolute atomic E-state index is 0.570. The zero-order valence-electron chi connectivity index (χ0n) is 8.90. The van der Waals surface area contributed by atoms with E-state index in [9.17, 15) is 0 Å². The predicted molar refractivity (Wildman–Crippen MR) is 71.0 cm³/mol. The molecule has 0 bridgehead atoms. The molecule has 0 aliphatic carbocycles. The van der Waals surface area contributed by atoms with Gasteiger partial charge >= 0.3 is 116 Å². The molecule has 6 heteroatoms. The number of benzene rings is 1. The molecule has 1 aromatic carbocycles. The summed E-state index contributed by atoms with van der Waals surface area (Å²) in [6, 6.07) is 0. The van der Waals surface area contributed by atoms with Crippen molar-refractivity contribution in [2.45, 2.75) is 20.8 Å². The average Bonchev–Trinajstić information content (AvgIpc) is 2.22. The second-order valence-electron chi connectivity index (χ2n) is 3.49. The molecule has 1 aromatic rings. The molecule has 1 heterocycles. The number of nitrogens with zero attached hydrogens (tertiary/aromatic N) is 1. The van der Waals surface area contributed by atoms with E-state index in [1.165, 1.54) is 0 Å². The van der Waals surface area contributed by atoms with Gasteiger partial charge in [-0.3, -0.25) is 0 Å². The van der Waals surface area contributed by atoms with E-state index in [0.717, 1.165) is 14.7 Å². The van der Waals surface area contributed by atoms with E-state index in [-0.39, 0.29) is 0 Å². The van der Waals surface area contributed by atoms with Gasteiger partial charge in [-0.2, -0.15) is 0 Å². The number of hydrogen-bond donors (Lipinski definition) is 0. The van der Waals surface area contributed by atoms with Crippen molar-refractivity contribution in [2.75, 3.05) is 0 Å². The van der Waals surface area contributed by atoms with Gasteiger partial charge in [-0.05, 0) is 0 Å². The van der Waals surface area contributed by atoms with Gasteiger partial charge in [-0.25, -0.2) is 0 Å². The number of rotatable bonds is 0. The molecule has 0 amide bonds. The number of aliphatic imine (C=N–C) groups is 1. The summed E-state index contributed by atoms with van der Waals surface area (Å²) in [5, 5.41) is 1.28. The quantitative estimate of drug-likeness (QED) is 0.618. The van der Waals surface area contributed by atoms with Crippen LogP contribution in [0.1, 0.15) is 18.1 Å². The Morgan fingerprint density at radius 2 is 1.62 bits per heavy atom. The van der Waals surface area contributed by atoms with Gasteiger partial charge in [0.25, 0.3) is 0 Å². The first kappa shape index (κ1) is 12.8. The Morgan fingerprint density at radius 3 is 2.25 bits per heavy atom. The van der Waals surface area contributed by atoms with Gasteiger partial charge < -0.3 is 0 Å². The van der Waals surface area contributed by atoms with E-state index >= 15 is 0 Å². The van der Waals surface area contributed by atoms with E-state index in [0.29, 0.717) is 21.6 Å². The van der Waals surface area contributed by atoms with Crippen LogP contribution in [0.25, 0.3) is 0 Å². The maximum atomic E-state index is 6.28. The average molecular weight is 393 g/mol. The van der Waals surface area contributed by atoms with E-state index in [1.54, 1.807) is 6.92 Å². The van der Waals surface area contributed by atoms with Gasteiger partial charge in [0, 0.05) is 0 Å². The van der Waals surface area contributed by atoms with Crippen molar-refractivity contribution in [3.63, 3.8) is 0 Å². The first-order chi connectivity index (χ1) is 7.43. The molecule has 1 aliphatic heterocycles. The van der Waals surface area contributed by atoms with Crippen molar-refractivity contribution < 1.29 is 3.10 Å². The summed E-state index contributed by atoms with van der Waals surface area (Å²) in [6.45, 7) is 5.63. The Morgan fingerprint density at radius 1 is 1.06 bits per heavy atom. The summed E-state index contributed by atoms with van der Waals surface area (Å²) in [4.78, 5) is 4.29. The molecule has 1 aliphatic rings. The van der Waals surface area contributed by atoms with Gasteiger partial charge in [0.05, 0.1) is 0 Å². The van der Waals surface area contributed by atoms with Gasteiger partial charge in [0.1, 0.15) is 0 Å². The van der Waals surface area contributed by atoms with Gasteiger partial charge in [-0.15, -0.1) is 0 Å². The summed E-state index contributed by atoms with van der Waals surface area (Å²) in [5.74, 6) is 0.570. The van der Waals surface area contributed by atoms with Crippen molar-refractivity contribution in [1.29, 1.82) is 0 Å². The minimum atomic E-state index is -2.36. The Balaban J connectivity index is 2.82. The molecule has 86 valence electrons. The number of fused-ring (bicyclic) bond motifs is 1. The van der Waals surface area contributed by atoms with Crippen LogP contribution in [-0.2, 0) is 3.10 Å². The van der Waals surface area contributed by atoms with Crippen LogP contribution < -0.4 is 3.61 Å². The third kappa shape index (κ3) is 1.94. The third-order valence-electron chi connectivity index (χ3n) is 2.47. The number of hydrogen-bond acceptors (Lipinski definition) is 2. The fourth-order valence-corrected chi connectivity index (χ4v) is 7.13. The van der Waals surface area contributed by atoms with Crippen LogP contribution in [0, 0.1) is 13.8 Å². The zero-order valence-corrected chi connectivity index (χ0v) is 13.5. The first-order valence-corrected chi connectivity index (χ1v) is 10.4. The summed E-state index contributed by atoms with van der Waals surface area (Å²) in [6.07, 6.45) is 0. The van der Waals surface area contributed by atoms with Crippen LogP contribution in [0.15, 0.2) is 4.99 Å². The van der Waals surface area contributed by atoms with Crippen molar-refractivity contribution in [3.05, 3.63) is 21.2 Å². The summed E-state index contributed by atoms with van der Waals surface area (Å²) in [7, 11) is 6.27. The first-order valence-electron chi connectivity index (χ1n) is 4.55. The molecule has 0 radical (unpaired) electrons. The Kier molecular flexibility index (Phi) is 3.64. The second-order valence-corrected chi connectivity index (χ2v) is 9.05. The van der Waals surface area contributed by atoms with E-state index < -0.39 is 18.8 Å². The van der Waals surface area contributed by atoms with Crippen molar-refractivity contribution in [3.8, 4) is 0 Å². The monoisotopic (exact) mass is 394 g/mol. The molecule has 0 atom stereocenters. The van der Waals surface area contributed by atoms with E-state index in [2.05, 4.69) is 4.99 Å². The van der Waals surface area contributed by atoms with Crippen molar-refractivity contribution >= 4 is 66.2 Å². The Hall–Kier alpha value is 0.350. The zero-order chi connectivity index (χ0) is 12.0. The molecular weight excluding hydrogens is 384 g/mol. The van der Waals surface area contributed by atoms with Crippen molar-refractivity contribution in [1.82, 2.24) is 0 Å². The van der Waals surface area contributed by atoms with Crippen LogP contribution in [0.3, 0.4) is 0 Å². The summed E-state index contributed by atoms with van der Waals surface area (Å²) < 4.78 is 6.31. The van der Waals surface area contributed by atoms with Crippen LogP contribution in [0.4, 0.5) is 5.69 Å². The van der Waals surface area contributed by atoms with E-state index in [1.807, 2.05) is 13.8 Å². The molecule has 0 N–H and O–H groups in total. The molecule has 2 rings (SSSR count). The molecule has 2 nitrogen and oxygen atoms in total. The Bertz CT molecular complexity index is 502. The SMILES string of the molecule is CC1=Nc2c(Cl)c(C)c(C)c(Cl)c2[Te+](Cl)O1. The molecule has 0 spiro atoms. The molecular formula is C10H9Cl3NOTe+. The molecule has 16 heavy (non-hydrogen) atoms. The van der Waals surface area contributed by atoms with Gasteiger partial charge in [0.15, 0.2) is 0 Å². The van der Waals surface area contributed by atoms with Crippen molar-refractivity contribution in [2.24, 2.45) is 4.99 Å². The fourth-order valence-electron chi connectivity index (χ4n) is 1.45. The molecule has 0 unspecified atom stereocenters. The molecule has 0 saturated carbocycles. The van der Waals surface area contributed by atoms with Crippen LogP contribution >= 0.6 is 32.2 Å². The normalized spacial score (nSPS) is 15.5. The Labute approximate surface area is 115 Å². The summed E-state index contributed by atoms with van der Waals surface area (Å²) in [5.41, 5.74) is 2.60. The molecule has 0 saturated heterocycles. The van der Waals surface area contributed by atoms with Gasteiger partial charge in [0.2, 0.25) is 0 Å². The fraction of sp³-hybridized carbons (Fsp3) is 0.300. The second kappa shape index (κ2) is 4.55. The standard InChI is InChI=1S/C10H9Cl3NOTe/c1-4-5(2)8(12)10-9(7(4)11)14-6(3)15-16(10)13/h1-3H3/q+1. The van der Waals surface area contributed by atoms with Gasteiger partial charge in [-0.1, -0.05) is 0 Å². The predicted octanol–water partition coefficient (Wildman–Crippen LogP) is 3.62. The number of halogens is 3.